The van der Waals surface area contributed by atoms with Crippen LogP contribution in [0.25, 0.3) is 0 Å². The topological polar surface area (TPSA) is 35.2 Å². The number of rotatable bonds is 5. The smallest absolute Gasteiger partial charge is 0.165 e. The minimum absolute atomic E-state index is 0.185. The molecule has 2 unspecified atom stereocenters. The van der Waals surface area contributed by atoms with Gasteiger partial charge in [-0.1, -0.05) is 43.3 Å². The normalized spacial score (nSPS) is 13.8. The lowest BCUT2D eigenvalue weighted by Gasteiger charge is -2.26. The molecule has 0 aliphatic carbocycles. The molecule has 2 nitrogen and oxygen atoms in total. The van der Waals surface area contributed by atoms with Crippen LogP contribution in [0.1, 0.15) is 30.6 Å². The molecule has 0 heterocycles. The monoisotopic (exact) mass is 273 g/mol. The first-order valence-electron chi connectivity index (χ1n) is 6.85. The number of halogens is 1. The van der Waals surface area contributed by atoms with Crippen LogP contribution in [0.4, 0.5) is 4.39 Å². The van der Waals surface area contributed by atoms with E-state index in [4.69, 9.17) is 10.5 Å². The van der Waals surface area contributed by atoms with Crippen molar-refractivity contribution in [2.24, 2.45) is 5.73 Å². The summed E-state index contributed by atoms with van der Waals surface area (Å²) in [4.78, 5) is 0. The molecule has 0 aliphatic heterocycles. The zero-order valence-electron chi connectivity index (χ0n) is 11.8. The van der Waals surface area contributed by atoms with E-state index in [1.165, 1.54) is 6.07 Å². The summed E-state index contributed by atoms with van der Waals surface area (Å²) in [6.07, 6.45) is 0.408. The Morgan fingerprint density at radius 2 is 1.75 bits per heavy atom. The van der Waals surface area contributed by atoms with Crippen LogP contribution in [0.15, 0.2) is 48.5 Å². The van der Waals surface area contributed by atoms with E-state index in [0.717, 1.165) is 17.5 Å². The molecular weight excluding hydrogens is 253 g/mol. The SMILES string of the molecule is CCC(N)C(Oc1ccccc1F)c1ccccc1C. The van der Waals surface area contributed by atoms with E-state index in [1.54, 1.807) is 18.2 Å². The molecule has 0 aromatic heterocycles. The molecule has 106 valence electrons. The van der Waals surface area contributed by atoms with Gasteiger partial charge in [0.05, 0.1) is 0 Å². The van der Waals surface area contributed by atoms with Gasteiger partial charge in [0.25, 0.3) is 0 Å². The zero-order chi connectivity index (χ0) is 14.5. The van der Waals surface area contributed by atoms with Crippen LogP contribution in [0.5, 0.6) is 5.75 Å². The van der Waals surface area contributed by atoms with Crippen LogP contribution in [0.2, 0.25) is 0 Å². The highest BCUT2D eigenvalue weighted by molar-refractivity contribution is 5.31. The Morgan fingerprint density at radius 3 is 2.40 bits per heavy atom. The molecule has 0 aliphatic rings. The van der Waals surface area contributed by atoms with Gasteiger partial charge < -0.3 is 10.5 Å². The van der Waals surface area contributed by atoms with Crippen molar-refractivity contribution in [1.29, 1.82) is 0 Å². The first-order valence-corrected chi connectivity index (χ1v) is 6.85. The molecule has 20 heavy (non-hydrogen) atoms. The van der Waals surface area contributed by atoms with E-state index in [0.29, 0.717) is 0 Å². The third-order valence-corrected chi connectivity index (χ3v) is 3.45. The predicted octanol–water partition coefficient (Wildman–Crippen LogP) is 3.99. The van der Waals surface area contributed by atoms with Gasteiger partial charge in [0, 0.05) is 6.04 Å². The summed E-state index contributed by atoms with van der Waals surface area (Å²) in [5.74, 6) is -0.126. The minimum atomic E-state index is -0.366. The summed E-state index contributed by atoms with van der Waals surface area (Å²) in [6, 6.07) is 14.1. The summed E-state index contributed by atoms with van der Waals surface area (Å²) in [7, 11) is 0. The Morgan fingerprint density at radius 1 is 1.10 bits per heavy atom. The predicted molar refractivity (Wildman–Crippen MR) is 79.2 cm³/mol. The number of hydrogen-bond acceptors (Lipinski definition) is 2. The van der Waals surface area contributed by atoms with E-state index < -0.39 is 0 Å². The van der Waals surface area contributed by atoms with E-state index in [-0.39, 0.29) is 23.7 Å². The number of hydrogen-bond donors (Lipinski definition) is 1. The third-order valence-electron chi connectivity index (χ3n) is 3.45. The van der Waals surface area contributed by atoms with Crippen LogP contribution in [-0.2, 0) is 0 Å². The van der Waals surface area contributed by atoms with Gasteiger partial charge in [-0.25, -0.2) is 4.39 Å². The Kier molecular flexibility index (Phi) is 4.74. The summed E-state index contributed by atoms with van der Waals surface area (Å²) < 4.78 is 19.6. The number of nitrogens with two attached hydrogens (primary N) is 1. The number of ether oxygens (including phenoxy) is 1. The van der Waals surface area contributed by atoms with E-state index in [2.05, 4.69) is 0 Å². The van der Waals surface area contributed by atoms with Crippen molar-refractivity contribution in [2.75, 3.05) is 0 Å². The second-order valence-electron chi connectivity index (χ2n) is 4.90. The molecule has 3 heteroatoms. The average Bonchev–Trinajstić information content (AvgIpc) is 2.47. The highest BCUT2D eigenvalue weighted by Gasteiger charge is 2.23. The maximum atomic E-state index is 13.8. The quantitative estimate of drug-likeness (QED) is 0.894. The molecule has 2 N–H and O–H groups in total. The molecule has 0 fully saturated rings. The fraction of sp³-hybridized carbons (Fsp3) is 0.294. The van der Waals surface area contributed by atoms with Gasteiger partial charge in [-0.3, -0.25) is 0 Å². The van der Waals surface area contributed by atoms with Crippen molar-refractivity contribution in [3.63, 3.8) is 0 Å². The number of para-hydroxylation sites is 1. The van der Waals surface area contributed by atoms with Gasteiger partial charge in [0.1, 0.15) is 6.10 Å². The van der Waals surface area contributed by atoms with E-state index in [9.17, 15) is 4.39 Å². The van der Waals surface area contributed by atoms with Crippen molar-refractivity contribution in [1.82, 2.24) is 0 Å². The molecule has 0 saturated carbocycles. The van der Waals surface area contributed by atoms with Crippen molar-refractivity contribution in [2.45, 2.75) is 32.4 Å². The number of benzene rings is 2. The van der Waals surface area contributed by atoms with E-state index in [1.807, 2.05) is 38.1 Å². The maximum absolute atomic E-state index is 13.8. The van der Waals surface area contributed by atoms with Crippen LogP contribution >= 0.6 is 0 Å². The van der Waals surface area contributed by atoms with Gasteiger partial charge >= 0.3 is 0 Å². The second-order valence-corrected chi connectivity index (χ2v) is 4.90. The van der Waals surface area contributed by atoms with Crippen LogP contribution in [0.3, 0.4) is 0 Å². The molecular formula is C17H20FNO. The molecule has 0 amide bonds. The molecule has 0 radical (unpaired) electrons. The lowest BCUT2D eigenvalue weighted by molar-refractivity contribution is 0.163. The summed E-state index contributed by atoms with van der Waals surface area (Å²) >= 11 is 0. The Bertz CT molecular complexity index is 570. The standard InChI is InChI=1S/C17H20FNO/c1-3-15(19)17(13-9-5-4-8-12(13)2)20-16-11-7-6-10-14(16)18/h4-11,15,17H,3,19H2,1-2H3. The fourth-order valence-corrected chi connectivity index (χ4v) is 2.18. The zero-order valence-corrected chi connectivity index (χ0v) is 11.8. The molecule has 2 rings (SSSR count). The second kappa shape index (κ2) is 6.53. The van der Waals surface area contributed by atoms with Gasteiger partial charge in [-0.2, -0.15) is 0 Å². The molecule has 0 saturated heterocycles. The lowest BCUT2D eigenvalue weighted by atomic mass is 9.97. The minimum Gasteiger partial charge on any atom is -0.481 e. The molecule has 2 aromatic rings. The van der Waals surface area contributed by atoms with Gasteiger partial charge in [0.15, 0.2) is 11.6 Å². The summed E-state index contributed by atoms with van der Waals surface area (Å²) in [5, 5.41) is 0. The third kappa shape index (κ3) is 3.17. The molecule has 2 aromatic carbocycles. The molecule has 2 atom stereocenters. The van der Waals surface area contributed by atoms with Crippen LogP contribution < -0.4 is 10.5 Å². The first-order chi connectivity index (χ1) is 9.63. The average molecular weight is 273 g/mol. The highest BCUT2D eigenvalue weighted by Crippen LogP contribution is 2.29. The van der Waals surface area contributed by atoms with Gasteiger partial charge in [0.2, 0.25) is 0 Å². The largest absolute Gasteiger partial charge is 0.481 e. The maximum Gasteiger partial charge on any atom is 0.165 e. The first kappa shape index (κ1) is 14.5. The molecule has 0 spiro atoms. The van der Waals surface area contributed by atoms with Crippen LogP contribution in [-0.4, -0.2) is 6.04 Å². The van der Waals surface area contributed by atoms with Crippen molar-refractivity contribution in [3.8, 4) is 5.75 Å². The lowest BCUT2D eigenvalue weighted by Crippen LogP contribution is -2.32. The van der Waals surface area contributed by atoms with Gasteiger partial charge in [-0.15, -0.1) is 0 Å². The van der Waals surface area contributed by atoms with Crippen molar-refractivity contribution < 1.29 is 9.13 Å². The summed E-state index contributed by atoms with van der Waals surface area (Å²) in [6.45, 7) is 4.01. The van der Waals surface area contributed by atoms with Crippen molar-refractivity contribution in [3.05, 3.63) is 65.5 Å². The Hall–Kier alpha value is -1.87. The highest BCUT2D eigenvalue weighted by atomic mass is 19.1. The van der Waals surface area contributed by atoms with Crippen molar-refractivity contribution >= 4 is 0 Å². The number of aryl methyl sites for hydroxylation is 1. The molecule has 0 bridgehead atoms. The summed E-state index contributed by atoms with van der Waals surface area (Å²) in [5.41, 5.74) is 8.27. The van der Waals surface area contributed by atoms with E-state index >= 15 is 0 Å². The fourth-order valence-electron chi connectivity index (χ4n) is 2.18. The Labute approximate surface area is 119 Å². The van der Waals surface area contributed by atoms with Gasteiger partial charge in [-0.05, 0) is 36.6 Å². The Balaban J connectivity index is 2.35. The van der Waals surface area contributed by atoms with Crippen LogP contribution in [0, 0.1) is 12.7 Å².